The van der Waals surface area contributed by atoms with Gasteiger partial charge in [0.05, 0.1) is 0 Å². The highest BCUT2D eigenvalue weighted by molar-refractivity contribution is 7.10. The average molecular weight is 250 g/mol. The number of piperazine rings is 1. The standard InChI is InChI=1S/C14H22N2S/c1-11-5-7-17-14(11)10-16-9-13-4-3-6-15(13)8-12(16)2/h5,7,12-13H,3-4,6,8-10H2,1-2H3. The van der Waals surface area contributed by atoms with Crippen molar-refractivity contribution in [3.8, 4) is 0 Å². The van der Waals surface area contributed by atoms with Gasteiger partial charge in [-0.1, -0.05) is 0 Å². The molecule has 0 aromatic carbocycles. The molecule has 94 valence electrons. The molecule has 0 aliphatic carbocycles. The van der Waals surface area contributed by atoms with Crippen molar-refractivity contribution in [3.63, 3.8) is 0 Å². The molecule has 2 aliphatic rings. The zero-order valence-corrected chi connectivity index (χ0v) is 11.7. The van der Waals surface area contributed by atoms with Gasteiger partial charge in [-0.25, -0.2) is 0 Å². The van der Waals surface area contributed by atoms with Crippen LogP contribution in [0.1, 0.15) is 30.2 Å². The number of nitrogens with zero attached hydrogens (tertiary/aromatic N) is 2. The second-order valence-electron chi connectivity index (χ2n) is 5.60. The molecule has 0 radical (unpaired) electrons. The van der Waals surface area contributed by atoms with Gasteiger partial charge in [-0.2, -0.15) is 0 Å². The van der Waals surface area contributed by atoms with Gasteiger partial charge in [0.25, 0.3) is 0 Å². The summed E-state index contributed by atoms with van der Waals surface area (Å²) < 4.78 is 0. The van der Waals surface area contributed by atoms with Crippen molar-refractivity contribution in [2.45, 2.75) is 45.3 Å². The molecule has 1 aromatic rings. The summed E-state index contributed by atoms with van der Waals surface area (Å²) in [5.74, 6) is 0. The Labute approximate surface area is 108 Å². The fourth-order valence-corrected chi connectivity index (χ4v) is 4.15. The average Bonchev–Trinajstić information content (AvgIpc) is 2.89. The van der Waals surface area contributed by atoms with E-state index >= 15 is 0 Å². The molecule has 2 aliphatic heterocycles. The Kier molecular flexibility index (Phi) is 3.24. The van der Waals surface area contributed by atoms with Gasteiger partial charge in [0.2, 0.25) is 0 Å². The Hall–Kier alpha value is -0.380. The van der Waals surface area contributed by atoms with Crippen molar-refractivity contribution in [1.82, 2.24) is 9.80 Å². The van der Waals surface area contributed by atoms with Gasteiger partial charge in [0.15, 0.2) is 0 Å². The second-order valence-corrected chi connectivity index (χ2v) is 6.60. The lowest BCUT2D eigenvalue weighted by Crippen LogP contribution is -2.54. The van der Waals surface area contributed by atoms with E-state index in [4.69, 9.17) is 0 Å². The van der Waals surface area contributed by atoms with E-state index in [0.717, 1.165) is 12.6 Å². The predicted octanol–water partition coefficient (Wildman–Crippen LogP) is 2.73. The lowest BCUT2D eigenvalue weighted by atomic mass is 10.1. The molecule has 0 spiro atoms. The Morgan fingerprint density at radius 3 is 3.06 bits per heavy atom. The second kappa shape index (κ2) is 4.71. The van der Waals surface area contributed by atoms with Gasteiger partial charge in [-0.05, 0) is 50.2 Å². The van der Waals surface area contributed by atoms with Gasteiger partial charge in [-0.3, -0.25) is 9.80 Å². The Balaban J connectivity index is 1.69. The first-order valence-electron chi connectivity index (χ1n) is 6.75. The summed E-state index contributed by atoms with van der Waals surface area (Å²) in [5.41, 5.74) is 1.47. The largest absolute Gasteiger partial charge is 0.298 e. The third kappa shape index (κ3) is 2.28. The molecule has 0 saturated carbocycles. The molecule has 0 amide bonds. The number of fused-ring (bicyclic) bond motifs is 1. The summed E-state index contributed by atoms with van der Waals surface area (Å²) in [7, 11) is 0. The van der Waals surface area contributed by atoms with Gasteiger partial charge in [0, 0.05) is 36.6 Å². The molecule has 0 bridgehead atoms. The molecular weight excluding hydrogens is 228 g/mol. The van der Waals surface area contributed by atoms with Crippen LogP contribution in [0.15, 0.2) is 11.4 Å². The van der Waals surface area contributed by atoms with Gasteiger partial charge < -0.3 is 0 Å². The van der Waals surface area contributed by atoms with Crippen molar-refractivity contribution in [2.75, 3.05) is 19.6 Å². The van der Waals surface area contributed by atoms with Crippen molar-refractivity contribution in [1.29, 1.82) is 0 Å². The third-order valence-electron chi connectivity index (χ3n) is 4.38. The number of hydrogen-bond donors (Lipinski definition) is 0. The molecule has 3 rings (SSSR count). The lowest BCUT2D eigenvalue weighted by Gasteiger charge is -2.42. The van der Waals surface area contributed by atoms with E-state index in [9.17, 15) is 0 Å². The number of aryl methyl sites for hydroxylation is 1. The summed E-state index contributed by atoms with van der Waals surface area (Å²) in [6.45, 7) is 9.67. The summed E-state index contributed by atoms with van der Waals surface area (Å²) in [5, 5.41) is 2.22. The first kappa shape index (κ1) is 11.7. The minimum absolute atomic E-state index is 0.714. The molecular formula is C14H22N2S. The Morgan fingerprint density at radius 1 is 1.41 bits per heavy atom. The van der Waals surface area contributed by atoms with Crippen LogP contribution < -0.4 is 0 Å². The van der Waals surface area contributed by atoms with Crippen LogP contribution in [-0.2, 0) is 6.54 Å². The molecule has 0 N–H and O–H groups in total. The summed E-state index contributed by atoms with van der Waals surface area (Å²) in [6.07, 6.45) is 2.82. The summed E-state index contributed by atoms with van der Waals surface area (Å²) in [4.78, 5) is 6.94. The smallest absolute Gasteiger partial charge is 0.0334 e. The molecule has 3 heterocycles. The van der Waals surface area contributed by atoms with Gasteiger partial charge in [0.1, 0.15) is 0 Å². The zero-order chi connectivity index (χ0) is 11.8. The van der Waals surface area contributed by atoms with E-state index < -0.39 is 0 Å². The van der Waals surface area contributed by atoms with Crippen LogP contribution in [0.5, 0.6) is 0 Å². The van der Waals surface area contributed by atoms with E-state index in [0.29, 0.717) is 6.04 Å². The molecule has 2 saturated heterocycles. The van der Waals surface area contributed by atoms with Gasteiger partial charge in [-0.15, -0.1) is 11.3 Å². The van der Waals surface area contributed by atoms with Crippen LogP contribution in [0.2, 0.25) is 0 Å². The van der Waals surface area contributed by atoms with E-state index in [1.165, 1.54) is 38.0 Å². The minimum Gasteiger partial charge on any atom is -0.298 e. The van der Waals surface area contributed by atoms with Crippen LogP contribution in [-0.4, -0.2) is 41.5 Å². The van der Waals surface area contributed by atoms with Crippen LogP contribution in [0, 0.1) is 6.92 Å². The topological polar surface area (TPSA) is 6.48 Å². The van der Waals surface area contributed by atoms with Crippen molar-refractivity contribution in [2.24, 2.45) is 0 Å². The van der Waals surface area contributed by atoms with Crippen LogP contribution in [0.25, 0.3) is 0 Å². The molecule has 2 nitrogen and oxygen atoms in total. The van der Waals surface area contributed by atoms with Crippen LogP contribution in [0.4, 0.5) is 0 Å². The summed E-state index contributed by atoms with van der Waals surface area (Å²) >= 11 is 1.92. The highest BCUT2D eigenvalue weighted by atomic mass is 32.1. The number of thiophene rings is 1. The normalized spacial score (nSPS) is 30.7. The van der Waals surface area contributed by atoms with E-state index in [1.807, 2.05) is 11.3 Å². The number of hydrogen-bond acceptors (Lipinski definition) is 3. The maximum atomic E-state index is 2.70. The first-order valence-corrected chi connectivity index (χ1v) is 7.63. The maximum Gasteiger partial charge on any atom is 0.0334 e. The Morgan fingerprint density at radius 2 is 2.29 bits per heavy atom. The maximum absolute atomic E-state index is 2.70. The fourth-order valence-electron chi connectivity index (χ4n) is 3.22. The highest BCUT2D eigenvalue weighted by Gasteiger charge is 2.34. The molecule has 17 heavy (non-hydrogen) atoms. The lowest BCUT2D eigenvalue weighted by molar-refractivity contribution is 0.0546. The van der Waals surface area contributed by atoms with E-state index in [2.05, 4.69) is 35.1 Å². The van der Waals surface area contributed by atoms with Crippen molar-refractivity contribution < 1.29 is 0 Å². The molecule has 3 heteroatoms. The fraction of sp³-hybridized carbons (Fsp3) is 0.714. The SMILES string of the molecule is Cc1ccsc1CN1CC2CCCN2CC1C. The predicted molar refractivity (Wildman–Crippen MR) is 73.5 cm³/mol. The third-order valence-corrected chi connectivity index (χ3v) is 5.39. The molecule has 1 aromatic heterocycles. The van der Waals surface area contributed by atoms with Crippen LogP contribution >= 0.6 is 11.3 Å². The summed E-state index contributed by atoms with van der Waals surface area (Å²) in [6, 6.07) is 3.80. The van der Waals surface area contributed by atoms with E-state index in [-0.39, 0.29) is 0 Å². The monoisotopic (exact) mass is 250 g/mol. The van der Waals surface area contributed by atoms with Crippen molar-refractivity contribution >= 4 is 11.3 Å². The Bertz CT molecular complexity index is 387. The highest BCUT2D eigenvalue weighted by Crippen LogP contribution is 2.27. The van der Waals surface area contributed by atoms with Gasteiger partial charge >= 0.3 is 0 Å². The van der Waals surface area contributed by atoms with E-state index in [1.54, 1.807) is 4.88 Å². The first-order chi connectivity index (χ1) is 8.24. The molecule has 2 fully saturated rings. The quantitative estimate of drug-likeness (QED) is 0.796. The van der Waals surface area contributed by atoms with Crippen molar-refractivity contribution in [3.05, 3.63) is 21.9 Å². The minimum atomic E-state index is 0.714. The molecule has 2 unspecified atom stereocenters. The molecule has 2 atom stereocenters. The number of rotatable bonds is 2. The zero-order valence-electron chi connectivity index (χ0n) is 10.9. The van der Waals surface area contributed by atoms with Crippen LogP contribution in [0.3, 0.4) is 0 Å².